The summed E-state index contributed by atoms with van der Waals surface area (Å²) in [7, 11) is 0. The number of hydrogen-bond donors (Lipinski definition) is 2. The summed E-state index contributed by atoms with van der Waals surface area (Å²) in [4.78, 5) is 17.3. The molecule has 1 amide bonds. The molecule has 0 spiro atoms. The minimum atomic E-state index is -0.222. The maximum absolute atomic E-state index is 11.6. The molecule has 0 radical (unpaired) electrons. The first-order valence-electron chi connectivity index (χ1n) is 6.49. The fraction of sp³-hybridized carbons (Fsp3) is 0.538. The van der Waals surface area contributed by atoms with Gasteiger partial charge in [0.25, 0.3) is 0 Å². The first-order chi connectivity index (χ1) is 9.20. The van der Waals surface area contributed by atoms with Crippen molar-refractivity contribution in [2.24, 2.45) is 0 Å². The summed E-state index contributed by atoms with van der Waals surface area (Å²) in [5.74, 6) is 0. The predicted octanol–water partition coefficient (Wildman–Crippen LogP) is 2.93. The van der Waals surface area contributed by atoms with Gasteiger partial charge in [0.15, 0.2) is 5.15 Å². The van der Waals surface area contributed by atoms with Crippen LogP contribution in [0.25, 0.3) is 0 Å². The highest BCUT2D eigenvalue weighted by Crippen LogP contribution is 2.22. The molecule has 4 N–H and O–H groups in total. The second-order valence-electron chi connectivity index (χ2n) is 4.45. The van der Waals surface area contributed by atoms with Gasteiger partial charge in [0.05, 0.1) is 12.3 Å². The van der Waals surface area contributed by atoms with Crippen LogP contribution < -0.4 is 11.5 Å². The van der Waals surface area contributed by atoms with E-state index in [0.717, 1.165) is 18.5 Å². The number of carbonyl (C=O) groups is 1. The molecule has 6 nitrogen and oxygen atoms in total. The molecule has 7 heteroatoms. The lowest BCUT2D eigenvalue weighted by Gasteiger charge is -2.32. The molecule has 0 aliphatic carbocycles. The van der Waals surface area contributed by atoms with E-state index in [4.69, 9.17) is 16.3 Å². The van der Waals surface area contributed by atoms with Gasteiger partial charge in [0, 0.05) is 25.3 Å². The number of likely N-dealkylation sites (tertiary alicyclic amines) is 1. The van der Waals surface area contributed by atoms with Crippen LogP contribution in [0, 0.1) is 0 Å². The number of anilines is 1. The minimum absolute atomic E-state index is 0. The van der Waals surface area contributed by atoms with Gasteiger partial charge in [0.1, 0.15) is 0 Å². The zero-order valence-electron chi connectivity index (χ0n) is 11.6. The summed E-state index contributed by atoms with van der Waals surface area (Å²) in [5, 5.41) is 3.85. The maximum Gasteiger partial charge on any atom is 0.409 e. The average molecular weight is 301 g/mol. The van der Waals surface area contributed by atoms with Gasteiger partial charge >= 0.3 is 6.09 Å². The van der Waals surface area contributed by atoms with Gasteiger partial charge in [-0.3, -0.25) is 0 Å². The molecular weight excluding hydrogens is 280 g/mol. The van der Waals surface area contributed by atoms with Crippen LogP contribution >= 0.6 is 11.6 Å². The Morgan fingerprint density at radius 3 is 2.85 bits per heavy atom. The Bertz CT molecular complexity index is 436. The highest BCUT2D eigenvalue weighted by molar-refractivity contribution is 6.31. The largest absolute Gasteiger partial charge is 0.450 e. The zero-order chi connectivity index (χ0) is 13.7. The number of carbonyl (C=O) groups excluding carboxylic acids is 1. The SMILES string of the molecule is CCOC(=O)N1CCC(Nc2cccnc2Cl)CC1.N. The Morgan fingerprint density at radius 2 is 2.25 bits per heavy atom. The molecule has 112 valence electrons. The number of nitrogens with zero attached hydrogens (tertiary/aromatic N) is 2. The summed E-state index contributed by atoms with van der Waals surface area (Å²) in [6.07, 6.45) is 3.20. The Morgan fingerprint density at radius 1 is 1.55 bits per heavy atom. The van der Waals surface area contributed by atoms with Crippen LogP contribution in [-0.2, 0) is 4.74 Å². The summed E-state index contributed by atoms with van der Waals surface area (Å²) >= 11 is 6.01. The smallest absolute Gasteiger partial charge is 0.409 e. The second kappa shape index (κ2) is 7.91. The number of rotatable bonds is 3. The van der Waals surface area contributed by atoms with E-state index in [9.17, 15) is 4.79 Å². The van der Waals surface area contributed by atoms with Crippen LogP contribution in [0.1, 0.15) is 19.8 Å². The molecule has 1 aliphatic rings. The number of halogens is 1. The molecule has 0 aromatic carbocycles. The van der Waals surface area contributed by atoms with Gasteiger partial charge in [-0.1, -0.05) is 11.6 Å². The van der Waals surface area contributed by atoms with E-state index in [2.05, 4.69) is 10.3 Å². The number of amides is 1. The Labute approximate surface area is 124 Å². The number of ether oxygens (including phenoxy) is 1. The van der Waals surface area contributed by atoms with Crippen molar-refractivity contribution in [1.29, 1.82) is 0 Å². The number of pyridine rings is 1. The zero-order valence-corrected chi connectivity index (χ0v) is 12.4. The van der Waals surface area contributed by atoms with Crippen molar-refractivity contribution in [3.63, 3.8) is 0 Å². The van der Waals surface area contributed by atoms with Crippen LogP contribution in [0.4, 0.5) is 10.5 Å². The van der Waals surface area contributed by atoms with Crippen molar-refractivity contribution in [2.75, 3.05) is 25.0 Å². The molecule has 0 unspecified atom stereocenters. The van der Waals surface area contributed by atoms with E-state index < -0.39 is 0 Å². The molecule has 2 rings (SSSR count). The molecule has 20 heavy (non-hydrogen) atoms. The third-order valence-corrected chi connectivity index (χ3v) is 3.44. The summed E-state index contributed by atoms with van der Waals surface area (Å²) in [5.41, 5.74) is 0.846. The topological polar surface area (TPSA) is 89.5 Å². The van der Waals surface area contributed by atoms with Crippen LogP contribution in [-0.4, -0.2) is 41.7 Å². The molecule has 2 heterocycles. The fourth-order valence-electron chi connectivity index (χ4n) is 2.13. The molecule has 1 aromatic rings. The van der Waals surface area contributed by atoms with Gasteiger partial charge in [-0.15, -0.1) is 0 Å². The quantitative estimate of drug-likeness (QED) is 0.838. The van der Waals surface area contributed by atoms with Crippen LogP contribution in [0.15, 0.2) is 18.3 Å². The van der Waals surface area contributed by atoms with Gasteiger partial charge in [-0.05, 0) is 31.9 Å². The molecule has 0 saturated carbocycles. The van der Waals surface area contributed by atoms with Crippen LogP contribution in [0.2, 0.25) is 5.15 Å². The normalized spacial score (nSPS) is 15.4. The van der Waals surface area contributed by atoms with E-state index in [-0.39, 0.29) is 12.2 Å². The van der Waals surface area contributed by atoms with Crippen molar-refractivity contribution in [3.8, 4) is 0 Å². The summed E-state index contributed by atoms with van der Waals surface area (Å²) in [6, 6.07) is 4.07. The number of hydrogen-bond acceptors (Lipinski definition) is 5. The lowest BCUT2D eigenvalue weighted by atomic mass is 10.1. The lowest BCUT2D eigenvalue weighted by Crippen LogP contribution is -2.42. The predicted molar refractivity (Wildman–Crippen MR) is 79.5 cm³/mol. The molecular formula is C13H21ClN4O2. The molecule has 0 bridgehead atoms. The Balaban J connectivity index is 0.00000200. The highest BCUT2D eigenvalue weighted by Gasteiger charge is 2.23. The lowest BCUT2D eigenvalue weighted by molar-refractivity contribution is 0.0983. The van der Waals surface area contributed by atoms with E-state index >= 15 is 0 Å². The van der Waals surface area contributed by atoms with E-state index in [1.54, 1.807) is 11.1 Å². The molecule has 1 fully saturated rings. The van der Waals surface area contributed by atoms with Crippen molar-refractivity contribution < 1.29 is 9.53 Å². The van der Waals surface area contributed by atoms with Crippen LogP contribution in [0.3, 0.4) is 0 Å². The van der Waals surface area contributed by atoms with E-state index in [1.165, 1.54) is 0 Å². The van der Waals surface area contributed by atoms with Gasteiger partial charge in [0.2, 0.25) is 0 Å². The third kappa shape index (κ3) is 4.25. The van der Waals surface area contributed by atoms with Crippen LogP contribution in [0.5, 0.6) is 0 Å². The summed E-state index contributed by atoms with van der Waals surface area (Å²) < 4.78 is 4.99. The first kappa shape index (κ1) is 16.5. The Hall–Kier alpha value is -1.53. The van der Waals surface area contributed by atoms with Crippen molar-refractivity contribution >= 4 is 23.4 Å². The fourth-order valence-corrected chi connectivity index (χ4v) is 2.31. The van der Waals surface area contributed by atoms with Crippen molar-refractivity contribution in [3.05, 3.63) is 23.5 Å². The molecule has 1 aliphatic heterocycles. The van der Waals surface area contributed by atoms with Gasteiger partial charge in [-0.25, -0.2) is 9.78 Å². The minimum Gasteiger partial charge on any atom is -0.450 e. The van der Waals surface area contributed by atoms with Crippen molar-refractivity contribution in [1.82, 2.24) is 16.0 Å². The number of piperidine rings is 1. The van der Waals surface area contributed by atoms with Gasteiger partial charge in [-0.2, -0.15) is 0 Å². The average Bonchev–Trinajstić information content (AvgIpc) is 2.42. The van der Waals surface area contributed by atoms with E-state index in [1.807, 2.05) is 19.1 Å². The first-order valence-corrected chi connectivity index (χ1v) is 6.87. The number of aromatic nitrogens is 1. The third-order valence-electron chi connectivity index (χ3n) is 3.14. The number of nitrogens with one attached hydrogen (secondary N) is 1. The molecule has 0 atom stereocenters. The molecule has 1 saturated heterocycles. The van der Waals surface area contributed by atoms with Crippen molar-refractivity contribution in [2.45, 2.75) is 25.8 Å². The maximum atomic E-state index is 11.6. The standard InChI is InChI=1S/C13H18ClN3O2.H3N/c1-2-19-13(18)17-8-5-10(6-9-17)16-11-4-3-7-15-12(11)14;/h3-4,7,10,16H,2,5-6,8-9H2,1H3;1H3. The second-order valence-corrected chi connectivity index (χ2v) is 4.80. The summed E-state index contributed by atoms with van der Waals surface area (Å²) in [6.45, 7) is 3.64. The van der Waals surface area contributed by atoms with E-state index in [0.29, 0.717) is 30.9 Å². The van der Waals surface area contributed by atoms with Gasteiger partial charge < -0.3 is 21.1 Å². The monoisotopic (exact) mass is 300 g/mol. The highest BCUT2D eigenvalue weighted by atomic mass is 35.5. The molecule has 1 aromatic heterocycles. The Kier molecular flexibility index (Phi) is 6.54.